The van der Waals surface area contributed by atoms with E-state index < -0.39 is 0 Å². The van der Waals surface area contributed by atoms with Gasteiger partial charge in [0.25, 0.3) is 0 Å². The van der Waals surface area contributed by atoms with Gasteiger partial charge in [0.2, 0.25) is 0 Å². The number of fused-ring (bicyclic) bond motifs is 8. The lowest BCUT2D eigenvalue weighted by Crippen LogP contribution is -2.15. The topological polar surface area (TPSA) is 25.2 Å². The quantitative estimate of drug-likeness (QED) is 0.300. The van der Waals surface area contributed by atoms with Gasteiger partial charge in [-0.05, 0) is 69.4 Å². The van der Waals surface area contributed by atoms with Crippen LogP contribution in [0.1, 0.15) is 25.0 Å². The lowest BCUT2D eigenvalue weighted by Gasteiger charge is -2.22. The fourth-order valence-corrected chi connectivity index (χ4v) is 5.57. The van der Waals surface area contributed by atoms with Gasteiger partial charge in [-0.25, -0.2) is 0 Å². The number of anilines is 2. The van der Waals surface area contributed by atoms with Crippen molar-refractivity contribution in [2.75, 3.05) is 5.32 Å². The molecular weight excluding hydrogens is 402 g/mol. The minimum atomic E-state index is -0.00509. The Morgan fingerprint density at radius 3 is 2.27 bits per heavy atom. The summed E-state index contributed by atoms with van der Waals surface area (Å²) in [4.78, 5) is 0. The Bertz CT molecular complexity index is 1720. The summed E-state index contributed by atoms with van der Waals surface area (Å²) in [5, 5.41) is 8.42. The standard InChI is InChI=1S/C31H23NO/c1-31(2)26-9-5-3-7-22(26)23-15-14-21(18-27(23)31)32-20-13-11-19-12-16-29-30(25(19)17-20)24-8-4-6-10-28(24)33-29/h3-18,32H,1-2H3. The van der Waals surface area contributed by atoms with Crippen molar-refractivity contribution in [1.82, 2.24) is 0 Å². The highest BCUT2D eigenvalue weighted by molar-refractivity contribution is 6.19. The van der Waals surface area contributed by atoms with Gasteiger partial charge < -0.3 is 9.73 Å². The summed E-state index contributed by atoms with van der Waals surface area (Å²) in [6.45, 7) is 4.64. The Kier molecular flexibility index (Phi) is 3.64. The van der Waals surface area contributed by atoms with Crippen molar-refractivity contribution in [3.8, 4) is 11.1 Å². The molecule has 0 saturated carbocycles. The number of para-hydroxylation sites is 1. The summed E-state index contributed by atoms with van der Waals surface area (Å²) in [6, 6.07) is 34.6. The molecule has 0 amide bonds. The second kappa shape index (κ2) is 6.49. The zero-order valence-electron chi connectivity index (χ0n) is 18.6. The number of nitrogens with one attached hydrogen (secondary N) is 1. The smallest absolute Gasteiger partial charge is 0.136 e. The number of hydrogen-bond acceptors (Lipinski definition) is 2. The van der Waals surface area contributed by atoms with Crippen LogP contribution in [0.2, 0.25) is 0 Å². The summed E-state index contributed by atoms with van der Waals surface area (Å²) in [5.74, 6) is 0. The average Bonchev–Trinajstić information content (AvgIpc) is 3.33. The van der Waals surface area contributed by atoms with Crippen molar-refractivity contribution in [3.05, 3.63) is 108 Å². The molecule has 5 aromatic carbocycles. The van der Waals surface area contributed by atoms with E-state index in [0.717, 1.165) is 27.9 Å². The first kappa shape index (κ1) is 18.5. The highest BCUT2D eigenvalue weighted by Crippen LogP contribution is 2.49. The first-order valence-corrected chi connectivity index (χ1v) is 11.4. The van der Waals surface area contributed by atoms with Gasteiger partial charge in [-0.15, -0.1) is 0 Å². The first-order chi connectivity index (χ1) is 16.1. The average molecular weight is 426 g/mol. The fourth-order valence-electron chi connectivity index (χ4n) is 5.57. The zero-order valence-corrected chi connectivity index (χ0v) is 18.6. The summed E-state index contributed by atoms with van der Waals surface area (Å²) in [5.41, 5.74) is 9.50. The zero-order chi connectivity index (χ0) is 22.2. The second-order valence-electron chi connectivity index (χ2n) is 9.53. The van der Waals surface area contributed by atoms with Crippen LogP contribution in [0.5, 0.6) is 0 Å². The van der Waals surface area contributed by atoms with Gasteiger partial charge in [-0.2, -0.15) is 0 Å². The molecule has 33 heavy (non-hydrogen) atoms. The summed E-state index contributed by atoms with van der Waals surface area (Å²) >= 11 is 0. The van der Waals surface area contributed by atoms with Crippen LogP contribution in [0.4, 0.5) is 11.4 Å². The largest absolute Gasteiger partial charge is 0.456 e. The predicted octanol–water partition coefficient (Wildman–Crippen LogP) is 8.79. The second-order valence-corrected chi connectivity index (χ2v) is 9.53. The van der Waals surface area contributed by atoms with Crippen LogP contribution in [-0.2, 0) is 5.41 Å². The highest BCUT2D eigenvalue weighted by atomic mass is 16.3. The van der Waals surface area contributed by atoms with E-state index in [-0.39, 0.29) is 5.41 Å². The molecule has 158 valence electrons. The third-order valence-electron chi connectivity index (χ3n) is 7.23. The SMILES string of the molecule is CC1(C)c2ccccc2-c2ccc(Nc3ccc4ccc5oc6ccccc6c5c4c3)cc21. The van der Waals surface area contributed by atoms with Crippen LogP contribution in [0, 0.1) is 0 Å². The normalized spacial score (nSPS) is 14.0. The molecule has 0 fully saturated rings. The van der Waals surface area contributed by atoms with E-state index in [1.165, 1.54) is 38.4 Å². The van der Waals surface area contributed by atoms with E-state index in [9.17, 15) is 0 Å². The molecule has 6 aromatic rings. The Morgan fingerprint density at radius 1 is 0.606 bits per heavy atom. The number of rotatable bonds is 2. The van der Waals surface area contributed by atoms with Crippen LogP contribution >= 0.6 is 0 Å². The molecule has 7 rings (SSSR count). The Morgan fingerprint density at radius 2 is 1.33 bits per heavy atom. The molecule has 1 aromatic heterocycles. The molecule has 0 saturated heterocycles. The molecule has 1 N–H and O–H groups in total. The molecule has 0 unspecified atom stereocenters. The number of benzene rings is 5. The van der Waals surface area contributed by atoms with Gasteiger partial charge in [-0.1, -0.05) is 74.5 Å². The molecule has 1 heterocycles. The van der Waals surface area contributed by atoms with Gasteiger partial charge in [0.1, 0.15) is 11.2 Å². The lowest BCUT2D eigenvalue weighted by atomic mass is 9.82. The maximum Gasteiger partial charge on any atom is 0.136 e. The summed E-state index contributed by atoms with van der Waals surface area (Å²) < 4.78 is 6.10. The van der Waals surface area contributed by atoms with Crippen LogP contribution < -0.4 is 5.32 Å². The lowest BCUT2D eigenvalue weighted by molar-refractivity contribution is 0.660. The van der Waals surface area contributed by atoms with Crippen molar-refractivity contribution in [1.29, 1.82) is 0 Å². The molecule has 0 bridgehead atoms. The van der Waals surface area contributed by atoms with Crippen molar-refractivity contribution >= 4 is 44.1 Å². The molecule has 0 spiro atoms. The van der Waals surface area contributed by atoms with Gasteiger partial charge in [-0.3, -0.25) is 0 Å². The molecule has 2 heteroatoms. The monoisotopic (exact) mass is 425 g/mol. The molecule has 0 aliphatic heterocycles. The molecule has 0 radical (unpaired) electrons. The third-order valence-corrected chi connectivity index (χ3v) is 7.23. The fraction of sp³-hybridized carbons (Fsp3) is 0.0968. The van der Waals surface area contributed by atoms with Crippen molar-refractivity contribution < 1.29 is 4.42 Å². The number of hydrogen-bond donors (Lipinski definition) is 1. The Hall–Kier alpha value is -4.04. The minimum Gasteiger partial charge on any atom is -0.456 e. The van der Waals surface area contributed by atoms with Crippen molar-refractivity contribution in [2.45, 2.75) is 19.3 Å². The van der Waals surface area contributed by atoms with Crippen LogP contribution in [0.15, 0.2) is 101 Å². The van der Waals surface area contributed by atoms with E-state index in [1.54, 1.807) is 0 Å². The van der Waals surface area contributed by atoms with Gasteiger partial charge in [0.05, 0.1) is 0 Å². The molecule has 1 aliphatic rings. The maximum absolute atomic E-state index is 6.10. The van der Waals surface area contributed by atoms with E-state index in [1.807, 2.05) is 12.1 Å². The minimum absolute atomic E-state index is 0.00509. The maximum atomic E-state index is 6.10. The van der Waals surface area contributed by atoms with E-state index in [4.69, 9.17) is 4.42 Å². The van der Waals surface area contributed by atoms with E-state index in [2.05, 4.69) is 104 Å². The molecule has 0 atom stereocenters. The molecular formula is C31H23NO. The molecule has 2 nitrogen and oxygen atoms in total. The highest BCUT2D eigenvalue weighted by Gasteiger charge is 2.35. The van der Waals surface area contributed by atoms with Gasteiger partial charge in [0, 0.05) is 27.6 Å². The van der Waals surface area contributed by atoms with Gasteiger partial charge >= 0.3 is 0 Å². The summed E-state index contributed by atoms with van der Waals surface area (Å²) in [6.07, 6.45) is 0. The van der Waals surface area contributed by atoms with Crippen LogP contribution in [0.25, 0.3) is 43.8 Å². The Balaban J connectivity index is 1.34. The number of furan rings is 1. The first-order valence-electron chi connectivity index (χ1n) is 11.4. The van der Waals surface area contributed by atoms with Crippen LogP contribution in [-0.4, -0.2) is 0 Å². The molecule has 1 aliphatic carbocycles. The van der Waals surface area contributed by atoms with Crippen molar-refractivity contribution in [2.24, 2.45) is 0 Å². The third kappa shape index (κ3) is 2.61. The van der Waals surface area contributed by atoms with Crippen molar-refractivity contribution in [3.63, 3.8) is 0 Å². The van der Waals surface area contributed by atoms with E-state index in [0.29, 0.717) is 0 Å². The predicted molar refractivity (Wildman–Crippen MR) is 139 cm³/mol. The summed E-state index contributed by atoms with van der Waals surface area (Å²) in [7, 11) is 0. The van der Waals surface area contributed by atoms with Crippen LogP contribution in [0.3, 0.4) is 0 Å². The van der Waals surface area contributed by atoms with E-state index >= 15 is 0 Å². The Labute approximate surface area is 192 Å². The van der Waals surface area contributed by atoms with Gasteiger partial charge in [0.15, 0.2) is 0 Å².